The molecule has 1 amide bonds. The number of carbonyl (C=O) groups excluding carboxylic acids is 1. The number of nitrogens with two attached hydrogens (primary N) is 1. The predicted molar refractivity (Wildman–Crippen MR) is 85.6 cm³/mol. The summed E-state index contributed by atoms with van der Waals surface area (Å²) in [5.41, 5.74) is 8.60. The quantitative estimate of drug-likeness (QED) is 0.795. The molecule has 0 unspecified atom stereocenters. The number of carbonyl (C=O) groups is 1. The van der Waals surface area contributed by atoms with Crippen molar-refractivity contribution in [2.75, 3.05) is 11.9 Å². The molecule has 2 N–H and O–H groups in total. The lowest BCUT2D eigenvalue weighted by Gasteiger charge is -2.20. The van der Waals surface area contributed by atoms with Gasteiger partial charge in [-0.3, -0.25) is 9.78 Å². The zero-order valence-electron chi connectivity index (χ0n) is 12.5. The van der Waals surface area contributed by atoms with E-state index >= 15 is 0 Å². The van der Waals surface area contributed by atoms with Crippen LogP contribution in [0.2, 0.25) is 0 Å². The van der Waals surface area contributed by atoms with E-state index < -0.39 is 5.91 Å². The molecule has 3 rings (SSSR count). The van der Waals surface area contributed by atoms with E-state index in [9.17, 15) is 4.79 Å². The van der Waals surface area contributed by atoms with Crippen LogP contribution in [0, 0.1) is 0 Å². The van der Waals surface area contributed by atoms with Crippen LogP contribution >= 0.6 is 0 Å². The van der Waals surface area contributed by atoms with Gasteiger partial charge in [-0.25, -0.2) is 4.98 Å². The standard InChI is InChI=1S/C16H17N5O/c1-20(13-7-8-18-9-11(13)16(17)22)10-15-19-12-5-3-4-6-14(12)21(15)2/h3-9H,10H2,1-2H3,(H2,17,22). The maximum Gasteiger partial charge on any atom is 0.252 e. The molecule has 0 fully saturated rings. The number of primary amides is 1. The molecule has 22 heavy (non-hydrogen) atoms. The van der Waals surface area contributed by atoms with E-state index in [1.54, 1.807) is 12.3 Å². The maximum atomic E-state index is 11.5. The fourth-order valence-corrected chi connectivity index (χ4v) is 2.54. The average molecular weight is 295 g/mol. The van der Waals surface area contributed by atoms with Crippen LogP contribution in [0.3, 0.4) is 0 Å². The third kappa shape index (κ3) is 2.39. The molecule has 3 aromatic rings. The minimum Gasteiger partial charge on any atom is -0.366 e. The van der Waals surface area contributed by atoms with Crippen LogP contribution in [-0.2, 0) is 13.6 Å². The molecule has 0 bridgehead atoms. The molecule has 2 heterocycles. The Morgan fingerprint density at radius 2 is 2.09 bits per heavy atom. The van der Waals surface area contributed by atoms with E-state index in [4.69, 9.17) is 5.73 Å². The van der Waals surface area contributed by atoms with Crippen LogP contribution in [0.25, 0.3) is 11.0 Å². The number of anilines is 1. The molecule has 0 radical (unpaired) electrons. The smallest absolute Gasteiger partial charge is 0.252 e. The lowest BCUT2D eigenvalue weighted by Crippen LogP contribution is -2.23. The van der Waals surface area contributed by atoms with Crippen LogP contribution in [0.4, 0.5) is 5.69 Å². The minimum absolute atomic E-state index is 0.406. The summed E-state index contributed by atoms with van der Waals surface area (Å²) in [4.78, 5) is 22.1. The number of pyridine rings is 1. The molecule has 112 valence electrons. The number of aryl methyl sites for hydroxylation is 1. The first-order valence-electron chi connectivity index (χ1n) is 6.93. The monoisotopic (exact) mass is 295 g/mol. The van der Waals surface area contributed by atoms with Gasteiger partial charge in [0.2, 0.25) is 0 Å². The molecule has 0 saturated carbocycles. The molecule has 2 aromatic heterocycles. The van der Waals surface area contributed by atoms with Crippen LogP contribution in [0.15, 0.2) is 42.7 Å². The first-order chi connectivity index (χ1) is 10.6. The number of fused-ring (bicyclic) bond motifs is 1. The minimum atomic E-state index is -0.486. The SMILES string of the molecule is CN(Cc1nc2ccccc2n1C)c1ccncc1C(N)=O. The van der Waals surface area contributed by atoms with E-state index in [0.717, 1.165) is 22.5 Å². The highest BCUT2D eigenvalue weighted by molar-refractivity contribution is 5.98. The van der Waals surface area contributed by atoms with Crippen LogP contribution < -0.4 is 10.6 Å². The summed E-state index contributed by atoms with van der Waals surface area (Å²) >= 11 is 0. The van der Waals surface area contributed by atoms with Gasteiger partial charge < -0.3 is 15.2 Å². The Hall–Kier alpha value is -2.89. The van der Waals surface area contributed by atoms with Crippen molar-refractivity contribution in [3.63, 3.8) is 0 Å². The summed E-state index contributed by atoms with van der Waals surface area (Å²) in [5, 5.41) is 0. The van der Waals surface area contributed by atoms with Gasteiger partial charge in [-0.05, 0) is 18.2 Å². The second-order valence-corrected chi connectivity index (χ2v) is 5.19. The van der Waals surface area contributed by atoms with Crippen molar-refractivity contribution < 1.29 is 4.79 Å². The number of hydrogen-bond acceptors (Lipinski definition) is 4. The van der Waals surface area contributed by atoms with Crippen LogP contribution in [0.5, 0.6) is 0 Å². The number of rotatable bonds is 4. The van der Waals surface area contributed by atoms with Gasteiger partial charge >= 0.3 is 0 Å². The van der Waals surface area contributed by atoms with E-state index in [0.29, 0.717) is 12.1 Å². The van der Waals surface area contributed by atoms with Crippen molar-refractivity contribution in [3.8, 4) is 0 Å². The van der Waals surface area contributed by atoms with Gasteiger partial charge in [0.15, 0.2) is 0 Å². The Labute approximate surface area is 128 Å². The van der Waals surface area contributed by atoms with Gasteiger partial charge in [0.05, 0.1) is 28.8 Å². The summed E-state index contributed by atoms with van der Waals surface area (Å²) in [6.45, 7) is 0.565. The van der Waals surface area contributed by atoms with Crippen molar-refractivity contribution in [3.05, 3.63) is 54.1 Å². The van der Waals surface area contributed by atoms with Crippen molar-refractivity contribution in [1.29, 1.82) is 0 Å². The number of aromatic nitrogens is 3. The third-order valence-electron chi connectivity index (χ3n) is 3.73. The van der Waals surface area contributed by atoms with Gasteiger partial charge in [0.25, 0.3) is 5.91 Å². The lowest BCUT2D eigenvalue weighted by atomic mass is 10.2. The molecule has 0 atom stereocenters. The zero-order valence-corrected chi connectivity index (χ0v) is 12.5. The number of benzene rings is 1. The van der Waals surface area contributed by atoms with Crippen molar-refractivity contribution in [2.45, 2.75) is 6.54 Å². The molecule has 0 spiro atoms. The summed E-state index contributed by atoms with van der Waals surface area (Å²) in [6.07, 6.45) is 3.14. The van der Waals surface area contributed by atoms with Gasteiger partial charge in [-0.2, -0.15) is 0 Å². The molecule has 6 nitrogen and oxygen atoms in total. The molecule has 0 saturated heterocycles. The number of imidazole rings is 1. The second-order valence-electron chi connectivity index (χ2n) is 5.19. The highest BCUT2D eigenvalue weighted by atomic mass is 16.1. The Balaban J connectivity index is 1.95. The Bertz CT molecular complexity index is 839. The molecule has 0 aliphatic carbocycles. The Morgan fingerprint density at radius 1 is 1.32 bits per heavy atom. The zero-order chi connectivity index (χ0) is 15.7. The van der Waals surface area contributed by atoms with Gasteiger partial charge in [-0.1, -0.05) is 12.1 Å². The van der Waals surface area contributed by atoms with E-state index in [2.05, 4.69) is 14.5 Å². The average Bonchev–Trinajstić information content (AvgIpc) is 2.84. The lowest BCUT2D eigenvalue weighted by molar-refractivity contribution is 0.100. The third-order valence-corrected chi connectivity index (χ3v) is 3.73. The van der Waals surface area contributed by atoms with Crippen molar-refractivity contribution >= 4 is 22.6 Å². The van der Waals surface area contributed by atoms with Crippen LogP contribution in [-0.4, -0.2) is 27.5 Å². The number of amides is 1. The topological polar surface area (TPSA) is 77.0 Å². The molecule has 1 aromatic carbocycles. The number of para-hydroxylation sites is 2. The number of nitrogens with zero attached hydrogens (tertiary/aromatic N) is 4. The van der Waals surface area contributed by atoms with Gasteiger partial charge in [-0.15, -0.1) is 0 Å². The first-order valence-corrected chi connectivity index (χ1v) is 6.93. The van der Waals surface area contributed by atoms with Crippen LogP contribution in [0.1, 0.15) is 16.2 Å². The summed E-state index contributed by atoms with van der Waals surface area (Å²) in [6, 6.07) is 9.76. The first kappa shape index (κ1) is 14.1. The molecule has 0 aliphatic rings. The van der Waals surface area contributed by atoms with E-state index in [-0.39, 0.29) is 0 Å². The molecule has 6 heteroatoms. The normalized spacial score (nSPS) is 10.8. The van der Waals surface area contributed by atoms with E-state index in [1.807, 2.05) is 43.3 Å². The predicted octanol–water partition coefficient (Wildman–Crippen LogP) is 1.70. The highest BCUT2D eigenvalue weighted by Crippen LogP contribution is 2.21. The highest BCUT2D eigenvalue weighted by Gasteiger charge is 2.15. The molecular weight excluding hydrogens is 278 g/mol. The summed E-state index contributed by atoms with van der Waals surface area (Å²) in [5.74, 6) is 0.427. The van der Waals surface area contributed by atoms with Gasteiger partial charge in [0.1, 0.15) is 5.82 Å². The van der Waals surface area contributed by atoms with Gasteiger partial charge in [0, 0.05) is 26.5 Å². The second kappa shape index (κ2) is 5.48. The number of hydrogen-bond donors (Lipinski definition) is 1. The fourth-order valence-electron chi connectivity index (χ4n) is 2.54. The summed E-state index contributed by atoms with van der Waals surface area (Å²) in [7, 11) is 3.89. The van der Waals surface area contributed by atoms with Crippen molar-refractivity contribution in [1.82, 2.24) is 14.5 Å². The maximum absolute atomic E-state index is 11.5. The largest absolute Gasteiger partial charge is 0.366 e. The molecule has 0 aliphatic heterocycles. The Morgan fingerprint density at radius 3 is 2.82 bits per heavy atom. The summed E-state index contributed by atoms with van der Waals surface area (Å²) < 4.78 is 2.05. The molecular formula is C16H17N5O. The van der Waals surface area contributed by atoms with E-state index in [1.165, 1.54) is 6.20 Å². The van der Waals surface area contributed by atoms with Crippen molar-refractivity contribution in [2.24, 2.45) is 12.8 Å². The fraction of sp³-hybridized carbons (Fsp3) is 0.188. The Kier molecular flexibility index (Phi) is 3.50.